The van der Waals surface area contributed by atoms with Crippen LogP contribution in [0.25, 0.3) is 99.5 Å². The molecule has 2 aliphatic heterocycles. The largest absolute Gasteiger partial charge is 0.310 e. The van der Waals surface area contributed by atoms with Crippen LogP contribution < -0.4 is 26.2 Å². The average molecular weight is 1790 g/mol. The summed E-state index contributed by atoms with van der Waals surface area (Å²) in [5.41, 5.74) is 22.2. The molecule has 2 aliphatic rings. The van der Waals surface area contributed by atoms with Crippen molar-refractivity contribution in [1.82, 2.24) is 9.13 Å². The fraction of sp³-hybridized carbons (Fsp3) is 0.400. The average Bonchev–Trinajstić information content (AvgIpc) is 0.711. The van der Waals surface area contributed by atoms with Crippen LogP contribution in [0.1, 0.15) is 355 Å². The van der Waals surface area contributed by atoms with Crippen molar-refractivity contribution in [2.75, 3.05) is 9.80 Å². The lowest BCUT2D eigenvalue weighted by Gasteiger charge is -2.47. The molecule has 0 fully saturated rings. The lowest BCUT2D eigenvalue weighted by molar-refractivity contribution is 0.569. The number of benzene rings is 13. The van der Waals surface area contributed by atoms with E-state index < -0.39 is 39.2 Å². The second-order valence-corrected chi connectivity index (χ2v) is 53.1. The Morgan fingerprint density at radius 2 is 0.519 bits per heavy atom. The topological polar surface area (TPSA) is 16.3 Å². The number of rotatable bonds is 8. The van der Waals surface area contributed by atoms with Crippen LogP contribution >= 0.6 is 0 Å². The first-order chi connectivity index (χ1) is 65.9. The molecular weight excluding hydrogens is 1630 g/mol. The molecule has 0 saturated heterocycles. The Morgan fingerprint density at radius 3 is 0.874 bits per heavy atom. The van der Waals surface area contributed by atoms with Gasteiger partial charge in [0.15, 0.2) is 0 Å². The van der Waals surface area contributed by atoms with Gasteiger partial charge in [0.05, 0.1) is 45.8 Å². The summed E-state index contributed by atoms with van der Waals surface area (Å²) in [6.07, 6.45) is 0. The van der Waals surface area contributed by atoms with Crippen molar-refractivity contribution in [2.45, 2.75) is 340 Å². The molecule has 13 aromatic carbocycles. The van der Waals surface area contributed by atoms with Gasteiger partial charge in [0.2, 0.25) is 0 Å². The molecule has 0 amide bonds. The van der Waals surface area contributed by atoms with E-state index in [1.807, 2.05) is 83.1 Å². The number of fused-ring (bicyclic) bond motifs is 10. The SMILES string of the molecule is [2H]c1c([2H])c(C(C)(C)C)c([2H])c([2H])c1-c1c([2H])c(C(C)(C)C)c([2H])c(-c2c([2H])c(C(C)(C)C)c([2H])c([2H])c2C(C)(C)C)c1N1c2cc(-n3c4ccc(C(C)(C)C)cc4c4cc(C(C)(C)C)ccc43)ccc2B2c3ccc(-n4c5ccc(C(C)(C)C)cc5c5cc(C(C)(C)C)ccc54)cc3N(c3c(-c4ccc(C(C)(C)C)cc4)cc(C(C)(C)C)cc3-c3cc(C(C)(C)C)cc(C(C)(C)C)c3)c3cc(C(C)(C)C)cc1c32. The van der Waals surface area contributed by atoms with Gasteiger partial charge < -0.3 is 18.9 Å². The molecule has 0 spiro atoms. The van der Waals surface area contributed by atoms with Crippen molar-refractivity contribution in [3.8, 4) is 55.9 Å². The highest BCUT2D eigenvalue weighted by atomic mass is 15.2. The molecule has 0 atom stereocenters. The first-order valence-corrected chi connectivity index (χ1v) is 49.6. The molecule has 0 saturated carbocycles. The van der Waals surface area contributed by atoms with E-state index in [0.717, 1.165) is 122 Å². The summed E-state index contributed by atoms with van der Waals surface area (Å²) in [4.78, 5) is 4.89. The molecular formula is C130H155BN4. The number of anilines is 6. The third-order valence-electron chi connectivity index (χ3n) is 28.8. The smallest absolute Gasteiger partial charge is 0.252 e. The maximum absolute atomic E-state index is 12.0. The van der Waals surface area contributed by atoms with Crippen LogP contribution in [0.4, 0.5) is 34.1 Å². The number of aromatic nitrogens is 2. The van der Waals surface area contributed by atoms with Gasteiger partial charge in [-0.05, 0) is 291 Å². The van der Waals surface area contributed by atoms with E-state index in [1.54, 1.807) is 0 Å². The monoisotopic (exact) mass is 1790 g/mol. The normalized spacial score (nSPS) is 15.1. The standard InChI is InChI=1S/C130H155BN4/c1-118(2,3)81-44-40-78(41-45-81)95-70-90(127(28,29)30)72-97(80-62-88(125(22,23)24)64-89(63-80)126(25,26)27)116(95)134-111-76-93(132-107-58-49-84(121(10,11)12)66-99(107)100-67-85(122(13,14)15)50-59-108(100)132)53-56-105(111)131-106-57-54-94(133-109-60-51-86(123(16,17)18)68-101(109)102-69-87(124(19,20)21)52-61-110(102)133)77-112(106)135(114-75-92(129(34,35)36)74-113(134)115(114)131)117-96(79-42-46-82(47-43-79)119(4,5)6)71-91(128(31,32)33)73-103(117)98-65-83(120(7,8)9)48-55-104(98)130(37,38)39/h40-77H,1-39H3/i42D,43D,46D,47D,48D,55D,65D,71D,73D. The number of hydrogen-bond acceptors (Lipinski definition) is 2. The molecule has 2 aromatic heterocycles. The van der Waals surface area contributed by atoms with Gasteiger partial charge in [0.1, 0.15) is 0 Å². The van der Waals surface area contributed by atoms with E-state index >= 15 is 0 Å². The quantitative estimate of drug-likeness (QED) is 0.141. The first kappa shape index (κ1) is 84.6. The summed E-state index contributed by atoms with van der Waals surface area (Å²) in [6, 6.07) is 66.9. The molecule has 0 N–H and O–H groups in total. The molecule has 698 valence electrons. The lowest BCUT2D eigenvalue weighted by Crippen LogP contribution is -2.61. The van der Waals surface area contributed by atoms with Crippen molar-refractivity contribution < 1.29 is 12.3 Å². The predicted molar refractivity (Wildman–Crippen MR) is 594 cm³/mol. The van der Waals surface area contributed by atoms with Gasteiger partial charge in [-0.25, -0.2) is 0 Å². The summed E-state index contributed by atoms with van der Waals surface area (Å²) in [5, 5.41) is 4.50. The van der Waals surface area contributed by atoms with Gasteiger partial charge in [-0.3, -0.25) is 0 Å². The van der Waals surface area contributed by atoms with E-state index in [4.69, 9.17) is 0 Å². The summed E-state index contributed by atoms with van der Waals surface area (Å²) >= 11 is 0. The highest BCUT2D eigenvalue weighted by Crippen LogP contribution is 2.58. The van der Waals surface area contributed by atoms with Gasteiger partial charge in [-0.15, -0.1) is 0 Å². The van der Waals surface area contributed by atoms with Crippen LogP contribution in [0.3, 0.4) is 0 Å². The molecule has 0 unspecified atom stereocenters. The van der Waals surface area contributed by atoms with Crippen molar-refractivity contribution >= 4 is 101 Å². The minimum Gasteiger partial charge on any atom is -0.310 e. The molecule has 17 rings (SSSR count). The van der Waals surface area contributed by atoms with Crippen molar-refractivity contribution in [3.63, 3.8) is 0 Å². The van der Waals surface area contributed by atoms with Crippen LogP contribution in [0.5, 0.6) is 0 Å². The molecule has 15 aromatic rings. The Balaban J connectivity index is 1.19. The van der Waals surface area contributed by atoms with Crippen LogP contribution in [0.2, 0.25) is 0 Å². The molecule has 0 bridgehead atoms. The highest BCUT2D eigenvalue weighted by molar-refractivity contribution is 7.00. The van der Waals surface area contributed by atoms with Gasteiger partial charge >= 0.3 is 0 Å². The molecule has 0 aliphatic carbocycles. The first-order valence-electron chi connectivity index (χ1n) is 54.1. The summed E-state index contributed by atoms with van der Waals surface area (Å²) in [7, 11) is 0. The maximum Gasteiger partial charge on any atom is 0.252 e. The second kappa shape index (κ2) is 31.8. The second-order valence-electron chi connectivity index (χ2n) is 53.1. The molecule has 0 radical (unpaired) electrons. The maximum atomic E-state index is 12.0. The fourth-order valence-electron chi connectivity index (χ4n) is 20.0. The number of nitrogens with zero attached hydrogens (tertiary/aromatic N) is 4. The van der Waals surface area contributed by atoms with E-state index in [-0.39, 0.29) is 131 Å². The molecule has 135 heavy (non-hydrogen) atoms. The zero-order valence-corrected chi connectivity index (χ0v) is 89.1. The number of hydrogen-bond donors (Lipinski definition) is 0. The zero-order valence-electron chi connectivity index (χ0n) is 98.1. The van der Waals surface area contributed by atoms with Crippen LogP contribution in [-0.2, 0) is 70.4 Å². The Kier molecular flexibility index (Phi) is 20.0. The lowest BCUT2D eigenvalue weighted by atomic mass is 9.33. The minimum atomic E-state index is -1.08. The zero-order chi connectivity index (χ0) is 106. The minimum absolute atomic E-state index is 0.0370. The van der Waals surface area contributed by atoms with Gasteiger partial charge in [-0.1, -0.05) is 391 Å². The van der Waals surface area contributed by atoms with E-state index in [1.165, 1.54) is 38.9 Å². The van der Waals surface area contributed by atoms with Gasteiger partial charge in [0.25, 0.3) is 6.71 Å². The van der Waals surface area contributed by atoms with E-state index in [9.17, 15) is 12.3 Å². The van der Waals surface area contributed by atoms with Crippen molar-refractivity contribution in [1.29, 1.82) is 0 Å². The Hall–Kier alpha value is -10.9. The van der Waals surface area contributed by atoms with Crippen molar-refractivity contribution in [3.05, 3.63) is 303 Å². The van der Waals surface area contributed by atoms with Crippen LogP contribution in [0, 0.1) is 0 Å². The van der Waals surface area contributed by atoms with Gasteiger partial charge in [0, 0.05) is 77.9 Å². The fourth-order valence-corrected chi connectivity index (χ4v) is 20.0. The Morgan fingerprint density at radius 1 is 0.207 bits per heavy atom. The predicted octanol–water partition coefficient (Wildman–Crippen LogP) is 35.5. The molecule has 4 heterocycles. The highest BCUT2D eigenvalue weighted by Gasteiger charge is 2.48. The van der Waals surface area contributed by atoms with Crippen LogP contribution in [-0.4, -0.2) is 15.8 Å². The summed E-state index contributed by atoms with van der Waals surface area (Å²) in [5.74, 6) is 0. The van der Waals surface area contributed by atoms with Crippen LogP contribution in [0.15, 0.2) is 230 Å². The van der Waals surface area contributed by atoms with E-state index in [0.29, 0.717) is 22.5 Å². The Bertz CT molecular complexity index is 7660. The van der Waals surface area contributed by atoms with E-state index in [2.05, 4.69) is 382 Å². The Labute approximate surface area is 826 Å². The van der Waals surface area contributed by atoms with Gasteiger partial charge in [-0.2, -0.15) is 0 Å². The molecule has 4 nitrogen and oxygen atoms in total. The third-order valence-corrected chi connectivity index (χ3v) is 28.8. The summed E-state index contributed by atoms with van der Waals surface area (Å²) in [6.45, 7) is 85.1. The third kappa shape index (κ3) is 17.4. The van der Waals surface area contributed by atoms with Crippen molar-refractivity contribution in [2.24, 2.45) is 0 Å². The molecule has 5 heteroatoms. The summed E-state index contributed by atoms with van der Waals surface area (Å²) < 4.78 is 105.